The average molecular weight is 874 g/mol. The zero-order valence-electron chi connectivity index (χ0n) is 38.7. The highest BCUT2D eigenvalue weighted by Crippen LogP contribution is 2.38. The monoisotopic (exact) mass is 874 g/mol. The maximum absolute atomic E-state index is 12.7. The molecule has 0 aliphatic carbocycles. The zero-order valence-corrected chi connectivity index (χ0v) is 39.6. The molecule has 0 amide bonds. The number of carbonyl (C=O) groups excluding carboxylic acids is 2. The van der Waals surface area contributed by atoms with Crippen LogP contribution in [-0.2, 0) is 32.7 Å². The average Bonchev–Trinajstić information content (AvgIpc) is 3.21. The number of phosphoric acid groups is 1. The van der Waals surface area contributed by atoms with E-state index in [-0.39, 0.29) is 26.1 Å². The summed E-state index contributed by atoms with van der Waals surface area (Å²) in [7, 11) is 1.01. The number of phosphoric ester groups is 1. The number of allylic oxidation sites excluding steroid dienone is 15. The first kappa shape index (κ1) is 57.9. The van der Waals surface area contributed by atoms with Gasteiger partial charge in [0.15, 0.2) is 6.10 Å². The van der Waals surface area contributed by atoms with Crippen LogP contribution in [0.4, 0.5) is 0 Å². The predicted molar refractivity (Wildman–Crippen MR) is 251 cm³/mol. The van der Waals surface area contributed by atoms with Crippen molar-refractivity contribution in [1.29, 1.82) is 0 Å². The van der Waals surface area contributed by atoms with Crippen LogP contribution >= 0.6 is 7.82 Å². The number of nitrogens with zero attached hydrogens (tertiary/aromatic N) is 1. The van der Waals surface area contributed by atoms with Crippen LogP contribution in [0.1, 0.15) is 149 Å². The van der Waals surface area contributed by atoms with E-state index in [1.54, 1.807) is 12.2 Å². The summed E-state index contributed by atoms with van der Waals surface area (Å²) in [6.07, 6.45) is 50.4. The second kappa shape index (κ2) is 40.9. The molecule has 0 bridgehead atoms. The fourth-order valence-corrected chi connectivity index (χ4v) is 6.23. The molecule has 0 aromatic rings. The van der Waals surface area contributed by atoms with E-state index in [1.807, 2.05) is 33.3 Å². The van der Waals surface area contributed by atoms with Gasteiger partial charge in [0.2, 0.25) is 0 Å². The lowest BCUT2D eigenvalue weighted by molar-refractivity contribution is -0.870. The highest BCUT2D eigenvalue weighted by Gasteiger charge is 2.22. The molecule has 61 heavy (non-hydrogen) atoms. The standard InChI is InChI=1S/C50H84NO9P/c1-6-8-10-12-14-16-18-20-21-22-23-24-25-27-29-31-33-35-37-41-49(53)57-45-48(46-59-61(55,56)58-44-43-51(3,4)5)60-50(54)42-38-40-47(52)39-36-34-32-30-28-26-19-17-15-13-11-9-7-2/h14-17,20-21,23-24,26-29,32,34,36,39,47-48,52H,6-13,18-19,22,25,30-31,33,35,37-38,40-46H2,1-5H3/b16-14-,17-15-,21-20-,24-23-,28-26-,29-27-,34-32-,39-36+/t47-,48+/m0/s1. The summed E-state index contributed by atoms with van der Waals surface area (Å²) in [6, 6.07) is 0. The molecule has 0 aromatic carbocycles. The summed E-state index contributed by atoms with van der Waals surface area (Å²) < 4.78 is 33.7. The number of likely N-dealkylation sites (N-methyl/N-ethyl adjacent to an activating group) is 1. The molecule has 1 N–H and O–H groups in total. The number of aliphatic hydroxyl groups is 1. The Labute approximate surface area is 371 Å². The van der Waals surface area contributed by atoms with Gasteiger partial charge in [0.25, 0.3) is 7.82 Å². The molecule has 0 aliphatic heterocycles. The molecular formula is C50H84NO9P. The van der Waals surface area contributed by atoms with Crippen LogP contribution in [0.15, 0.2) is 97.2 Å². The van der Waals surface area contributed by atoms with Crippen molar-refractivity contribution in [1.82, 2.24) is 0 Å². The summed E-state index contributed by atoms with van der Waals surface area (Å²) in [4.78, 5) is 37.6. The van der Waals surface area contributed by atoms with Gasteiger partial charge >= 0.3 is 11.9 Å². The quantitative estimate of drug-likeness (QED) is 0.0160. The molecule has 0 fully saturated rings. The fraction of sp³-hybridized carbons (Fsp3) is 0.640. The lowest BCUT2D eigenvalue weighted by Gasteiger charge is -2.28. The van der Waals surface area contributed by atoms with Crippen molar-refractivity contribution in [2.45, 2.75) is 161 Å². The lowest BCUT2D eigenvalue weighted by atomic mass is 10.1. The molecule has 0 aromatic heterocycles. The third-order valence-corrected chi connectivity index (χ3v) is 10.1. The molecular weight excluding hydrogens is 790 g/mol. The van der Waals surface area contributed by atoms with E-state index in [0.29, 0.717) is 30.3 Å². The first-order chi connectivity index (χ1) is 29.4. The first-order valence-electron chi connectivity index (χ1n) is 23.1. The van der Waals surface area contributed by atoms with Crippen molar-refractivity contribution in [3.05, 3.63) is 97.2 Å². The van der Waals surface area contributed by atoms with Gasteiger partial charge in [0.1, 0.15) is 19.8 Å². The number of esters is 2. The Kier molecular flexibility index (Phi) is 38.8. The van der Waals surface area contributed by atoms with E-state index in [0.717, 1.165) is 57.8 Å². The van der Waals surface area contributed by atoms with E-state index in [4.69, 9.17) is 18.5 Å². The van der Waals surface area contributed by atoms with Gasteiger partial charge in [-0.2, -0.15) is 0 Å². The number of hydrogen-bond acceptors (Lipinski definition) is 9. The minimum Gasteiger partial charge on any atom is -0.756 e. The molecule has 11 heteroatoms. The summed E-state index contributed by atoms with van der Waals surface area (Å²) in [6.45, 7) is 3.88. The van der Waals surface area contributed by atoms with Crippen molar-refractivity contribution in [2.24, 2.45) is 0 Å². The maximum atomic E-state index is 12.7. The van der Waals surface area contributed by atoms with E-state index >= 15 is 0 Å². The SMILES string of the molecule is CCCCC/C=C\C/C=C\C/C=C\C=C\[C@H](O)CCCC(=O)O[C@H](COC(=O)CCCCC/C=C\C/C=C\C/C=C\C/C=C\CCCCC)COP(=O)([O-])OCC[N+](C)(C)C. The molecule has 348 valence electrons. The summed E-state index contributed by atoms with van der Waals surface area (Å²) in [5, 5.41) is 10.3. The number of unbranched alkanes of at least 4 members (excludes halogenated alkanes) is 9. The third kappa shape index (κ3) is 44.7. The number of rotatable bonds is 40. The Hall–Kier alpha value is -3.11. The smallest absolute Gasteiger partial charge is 0.306 e. The van der Waals surface area contributed by atoms with Gasteiger partial charge in [-0.15, -0.1) is 0 Å². The molecule has 0 heterocycles. The molecule has 10 nitrogen and oxygen atoms in total. The molecule has 0 radical (unpaired) electrons. The van der Waals surface area contributed by atoms with Crippen LogP contribution in [0.25, 0.3) is 0 Å². The Morgan fingerprint density at radius 1 is 0.607 bits per heavy atom. The zero-order chi connectivity index (χ0) is 45.1. The highest BCUT2D eigenvalue weighted by atomic mass is 31.2. The van der Waals surface area contributed by atoms with E-state index in [2.05, 4.69) is 86.8 Å². The minimum absolute atomic E-state index is 0.0164. The molecule has 0 rings (SSSR count). The highest BCUT2D eigenvalue weighted by molar-refractivity contribution is 7.45. The van der Waals surface area contributed by atoms with Crippen molar-refractivity contribution < 1.29 is 47.2 Å². The fourth-order valence-electron chi connectivity index (χ4n) is 5.50. The van der Waals surface area contributed by atoms with Gasteiger partial charge in [-0.25, -0.2) is 0 Å². The van der Waals surface area contributed by atoms with E-state index in [9.17, 15) is 24.2 Å². The van der Waals surface area contributed by atoms with Gasteiger partial charge in [-0.05, 0) is 89.9 Å². The van der Waals surface area contributed by atoms with Crippen LogP contribution in [0.3, 0.4) is 0 Å². The topological polar surface area (TPSA) is 131 Å². The number of ether oxygens (including phenoxy) is 2. The number of aliphatic hydroxyl groups excluding tert-OH is 1. The number of quaternary nitrogens is 1. The third-order valence-electron chi connectivity index (χ3n) is 9.18. The molecule has 0 saturated heterocycles. The molecule has 3 atom stereocenters. The van der Waals surface area contributed by atoms with Gasteiger partial charge < -0.3 is 33.0 Å². The van der Waals surface area contributed by atoms with Gasteiger partial charge in [0.05, 0.1) is 33.9 Å². The van der Waals surface area contributed by atoms with Crippen LogP contribution in [0.5, 0.6) is 0 Å². The van der Waals surface area contributed by atoms with E-state index in [1.165, 1.54) is 44.9 Å². The summed E-state index contributed by atoms with van der Waals surface area (Å²) in [5.41, 5.74) is 0. The predicted octanol–water partition coefficient (Wildman–Crippen LogP) is 11.7. The Morgan fingerprint density at radius 3 is 1.62 bits per heavy atom. The van der Waals surface area contributed by atoms with Crippen molar-refractivity contribution in [3.63, 3.8) is 0 Å². The second-order valence-electron chi connectivity index (χ2n) is 16.3. The Balaban J connectivity index is 4.61. The van der Waals surface area contributed by atoms with Gasteiger partial charge in [-0.1, -0.05) is 143 Å². The van der Waals surface area contributed by atoms with E-state index < -0.39 is 38.6 Å². The first-order valence-corrected chi connectivity index (χ1v) is 24.5. The largest absolute Gasteiger partial charge is 0.756 e. The Morgan fingerprint density at radius 2 is 1.10 bits per heavy atom. The van der Waals surface area contributed by atoms with Gasteiger partial charge in [-0.3, -0.25) is 14.2 Å². The minimum atomic E-state index is -4.70. The van der Waals surface area contributed by atoms with Crippen LogP contribution in [0.2, 0.25) is 0 Å². The van der Waals surface area contributed by atoms with Crippen molar-refractivity contribution in [3.8, 4) is 0 Å². The van der Waals surface area contributed by atoms with Crippen LogP contribution < -0.4 is 4.89 Å². The number of hydrogen-bond donors (Lipinski definition) is 1. The molecule has 0 spiro atoms. The lowest BCUT2D eigenvalue weighted by Crippen LogP contribution is -2.37. The molecule has 0 saturated carbocycles. The van der Waals surface area contributed by atoms with Crippen molar-refractivity contribution >= 4 is 19.8 Å². The van der Waals surface area contributed by atoms with Crippen molar-refractivity contribution in [2.75, 3.05) is 47.5 Å². The molecule has 0 aliphatic rings. The van der Waals surface area contributed by atoms with Gasteiger partial charge in [0, 0.05) is 12.8 Å². The molecule has 1 unspecified atom stereocenters. The summed E-state index contributed by atoms with van der Waals surface area (Å²) >= 11 is 0. The van der Waals surface area contributed by atoms with Crippen LogP contribution in [-0.4, -0.2) is 81.2 Å². The summed E-state index contributed by atoms with van der Waals surface area (Å²) in [5.74, 6) is -1.08. The second-order valence-corrected chi connectivity index (χ2v) is 17.7. The number of carbonyl (C=O) groups is 2. The maximum Gasteiger partial charge on any atom is 0.306 e. The normalized spacial score (nSPS) is 14.9. The van der Waals surface area contributed by atoms with Crippen LogP contribution in [0, 0.1) is 0 Å². The Bertz CT molecular complexity index is 1370.